The maximum atomic E-state index is 10.8. The van der Waals surface area contributed by atoms with Crippen LogP contribution in [0.1, 0.15) is 5.56 Å². The predicted molar refractivity (Wildman–Crippen MR) is 54.3 cm³/mol. The monoisotopic (exact) mass is 194 g/mol. The lowest BCUT2D eigenvalue weighted by Gasteiger charge is -2.04. The summed E-state index contributed by atoms with van der Waals surface area (Å²) in [5.41, 5.74) is 1.08. The molecule has 0 aromatic heterocycles. The molecule has 4 heteroatoms. The van der Waals surface area contributed by atoms with E-state index in [9.17, 15) is 4.79 Å². The molecule has 3 N–H and O–H groups in total. The SMILES string of the molecule is CNC(=O)NCCc1ccc(O)cc1. The molecule has 0 saturated heterocycles. The number of urea groups is 1. The molecule has 0 bridgehead atoms. The first kappa shape index (κ1) is 10.4. The first-order valence-electron chi connectivity index (χ1n) is 4.46. The van der Waals surface area contributed by atoms with Crippen LogP contribution in [-0.2, 0) is 6.42 Å². The van der Waals surface area contributed by atoms with Crippen molar-refractivity contribution in [1.82, 2.24) is 10.6 Å². The van der Waals surface area contributed by atoms with Gasteiger partial charge in [0.25, 0.3) is 0 Å². The zero-order valence-corrected chi connectivity index (χ0v) is 8.08. The van der Waals surface area contributed by atoms with Crippen LogP contribution in [0, 0.1) is 0 Å². The number of aromatic hydroxyl groups is 1. The van der Waals surface area contributed by atoms with Crippen LogP contribution in [0.5, 0.6) is 5.75 Å². The standard InChI is InChI=1S/C10H14N2O2/c1-11-10(14)12-7-6-8-2-4-9(13)5-3-8/h2-5,13H,6-7H2,1H3,(H2,11,12,14). The number of hydrogen-bond acceptors (Lipinski definition) is 2. The quantitative estimate of drug-likeness (QED) is 0.668. The van der Waals surface area contributed by atoms with Gasteiger partial charge in [0.15, 0.2) is 0 Å². The molecule has 0 unspecified atom stereocenters. The lowest BCUT2D eigenvalue weighted by atomic mass is 10.1. The van der Waals surface area contributed by atoms with E-state index in [1.807, 2.05) is 12.1 Å². The summed E-state index contributed by atoms with van der Waals surface area (Å²) in [5.74, 6) is 0.257. The van der Waals surface area contributed by atoms with Crippen molar-refractivity contribution in [2.75, 3.05) is 13.6 Å². The summed E-state index contributed by atoms with van der Waals surface area (Å²) in [5, 5.41) is 14.2. The first-order chi connectivity index (χ1) is 6.72. The lowest BCUT2D eigenvalue weighted by molar-refractivity contribution is 0.243. The zero-order valence-electron chi connectivity index (χ0n) is 8.08. The summed E-state index contributed by atoms with van der Waals surface area (Å²) in [6.07, 6.45) is 0.758. The minimum atomic E-state index is -0.177. The number of hydrogen-bond donors (Lipinski definition) is 3. The van der Waals surface area contributed by atoms with Gasteiger partial charge in [0, 0.05) is 13.6 Å². The summed E-state index contributed by atoms with van der Waals surface area (Å²) in [6.45, 7) is 0.588. The Kier molecular flexibility index (Phi) is 3.79. The molecule has 14 heavy (non-hydrogen) atoms. The Labute approximate surface area is 82.9 Å². The number of carbonyl (C=O) groups excluding carboxylic acids is 1. The third kappa shape index (κ3) is 3.35. The zero-order chi connectivity index (χ0) is 10.4. The molecule has 0 atom stereocenters. The maximum Gasteiger partial charge on any atom is 0.314 e. The van der Waals surface area contributed by atoms with Crippen molar-refractivity contribution in [1.29, 1.82) is 0 Å². The first-order valence-corrected chi connectivity index (χ1v) is 4.46. The molecule has 0 fully saturated rings. The lowest BCUT2D eigenvalue weighted by Crippen LogP contribution is -2.33. The summed E-state index contributed by atoms with van der Waals surface area (Å²) < 4.78 is 0. The van der Waals surface area contributed by atoms with E-state index in [1.54, 1.807) is 19.2 Å². The molecule has 1 aromatic carbocycles. The van der Waals surface area contributed by atoms with Gasteiger partial charge >= 0.3 is 6.03 Å². The van der Waals surface area contributed by atoms with Crippen LogP contribution in [0.3, 0.4) is 0 Å². The average molecular weight is 194 g/mol. The van der Waals surface area contributed by atoms with E-state index in [-0.39, 0.29) is 11.8 Å². The van der Waals surface area contributed by atoms with Crippen LogP contribution in [0.2, 0.25) is 0 Å². The third-order valence-electron chi connectivity index (χ3n) is 1.86. The van der Waals surface area contributed by atoms with Gasteiger partial charge in [0.1, 0.15) is 5.75 Å². The van der Waals surface area contributed by atoms with Crippen LogP contribution in [-0.4, -0.2) is 24.7 Å². The Morgan fingerprint density at radius 3 is 2.57 bits per heavy atom. The van der Waals surface area contributed by atoms with E-state index in [2.05, 4.69) is 10.6 Å². The molecule has 0 aliphatic rings. The molecule has 2 amide bonds. The van der Waals surface area contributed by atoms with Gasteiger partial charge in [-0.25, -0.2) is 4.79 Å². The Bertz CT molecular complexity index is 295. The van der Waals surface area contributed by atoms with Gasteiger partial charge in [0.2, 0.25) is 0 Å². The van der Waals surface area contributed by atoms with E-state index in [0.717, 1.165) is 12.0 Å². The highest BCUT2D eigenvalue weighted by atomic mass is 16.3. The van der Waals surface area contributed by atoms with Crippen molar-refractivity contribution in [3.8, 4) is 5.75 Å². The molecule has 1 rings (SSSR count). The summed E-state index contributed by atoms with van der Waals surface area (Å²) in [6, 6.07) is 6.76. The normalized spacial score (nSPS) is 9.50. The van der Waals surface area contributed by atoms with Crippen molar-refractivity contribution in [2.24, 2.45) is 0 Å². The van der Waals surface area contributed by atoms with Crippen LogP contribution >= 0.6 is 0 Å². The molecule has 0 heterocycles. The van der Waals surface area contributed by atoms with Gasteiger partial charge in [-0.05, 0) is 24.1 Å². The van der Waals surface area contributed by atoms with Gasteiger partial charge in [0.05, 0.1) is 0 Å². The molecule has 0 aliphatic heterocycles. The fourth-order valence-corrected chi connectivity index (χ4v) is 1.07. The number of phenols is 1. The van der Waals surface area contributed by atoms with Gasteiger partial charge in [-0.15, -0.1) is 0 Å². The van der Waals surface area contributed by atoms with E-state index in [1.165, 1.54) is 0 Å². The predicted octanol–water partition coefficient (Wildman–Crippen LogP) is 0.864. The van der Waals surface area contributed by atoms with Crippen molar-refractivity contribution in [3.63, 3.8) is 0 Å². The van der Waals surface area contributed by atoms with Crippen molar-refractivity contribution in [3.05, 3.63) is 29.8 Å². The van der Waals surface area contributed by atoms with Gasteiger partial charge in [-0.2, -0.15) is 0 Å². The van der Waals surface area contributed by atoms with Gasteiger partial charge < -0.3 is 15.7 Å². The van der Waals surface area contributed by atoms with Crippen LogP contribution in [0.25, 0.3) is 0 Å². The molecule has 0 saturated carbocycles. The number of nitrogens with one attached hydrogen (secondary N) is 2. The summed E-state index contributed by atoms with van der Waals surface area (Å²) in [4.78, 5) is 10.8. The molecule has 4 nitrogen and oxygen atoms in total. The highest BCUT2D eigenvalue weighted by molar-refractivity contribution is 5.73. The fourth-order valence-electron chi connectivity index (χ4n) is 1.07. The van der Waals surface area contributed by atoms with Crippen molar-refractivity contribution >= 4 is 6.03 Å². The van der Waals surface area contributed by atoms with Crippen LogP contribution < -0.4 is 10.6 Å². The minimum Gasteiger partial charge on any atom is -0.508 e. The highest BCUT2D eigenvalue weighted by Gasteiger charge is 1.96. The Morgan fingerprint density at radius 1 is 1.36 bits per heavy atom. The van der Waals surface area contributed by atoms with Crippen molar-refractivity contribution < 1.29 is 9.90 Å². The number of amides is 2. The molecular weight excluding hydrogens is 180 g/mol. The molecule has 0 aliphatic carbocycles. The van der Waals surface area contributed by atoms with Crippen molar-refractivity contribution in [2.45, 2.75) is 6.42 Å². The Morgan fingerprint density at radius 2 is 2.00 bits per heavy atom. The largest absolute Gasteiger partial charge is 0.508 e. The topological polar surface area (TPSA) is 61.4 Å². The van der Waals surface area contributed by atoms with Crippen LogP contribution in [0.15, 0.2) is 24.3 Å². The second kappa shape index (κ2) is 5.11. The van der Waals surface area contributed by atoms with Gasteiger partial charge in [-0.3, -0.25) is 0 Å². The van der Waals surface area contributed by atoms with Gasteiger partial charge in [-0.1, -0.05) is 12.1 Å². The third-order valence-corrected chi connectivity index (χ3v) is 1.86. The second-order valence-corrected chi connectivity index (χ2v) is 2.92. The second-order valence-electron chi connectivity index (χ2n) is 2.92. The number of carbonyl (C=O) groups is 1. The van der Waals surface area contributed by atoms with E-state index in [0.29, 0.717) is 6.54 Å². The molecule has 0 spiro atoms. The highest BCUT2D eigenvalue weighted by Crippen LogP contribution is 2.09. The van der Waals surface area contributed by atoms with Crippen LogP contribution in [0.4, 0.5) is 4.79 Å². The fraction of sp³-hybridized carbons (Fsp3) is 0.300. The number of benzene rings is 1. The summed E-state index contributed by atoms with van der Waals surface area (Å²) in [7, 11) is 1.58. The summed E-state index contributed by atoms with van der Waals surface area (Å²) >= 11 is 0. The van der Waals surface area contributed by atoms with E-state index >= 15 is 0 Å². The smallest absolute Gasteiger partial charge is 0.314 e. The van der Waals surface area contributed by atoms with E-state index < -0.39 is 0 Å². The average Bonchev–Trinajstić information content (AvgIpc) is 2.21. The van der Waals surface area contributed by atoms with E-state index in [4.69, 9.17) is 5.11 Å². The molecule has 0 radical (unpaired) electrons. The molecule has 1 aromatic rings. The number of rotatable bonds is 3. The minimum absolute atomic E-state index is 0.177. The number of phenolic OH excluding ortho intramolecular Hbond substituents is 1. The Hall–Kier alpha value is -1.71. The molecular formula is C10H14N2O2. The molecule has 76 valence electrons. The maximum absolute atomic E-state index is 10.8. The Balaban J connectivity index is 2.31.